The fourth-order valence-electron chi connectivity index (χ4n) is 4.33. The Kier molecular flexibility index (Phi) is 10.0. The van der Waals surface area contributed by atoms with E-state index in [1.807, 2.05) is 23.1 Å². The first-order valence-electron chi connectivity index (χ1n) is 12.1. The number of halogens is 1. The van der Waals surface area contributed by atoms with Gasteiger partial charge in [0.05, 0.1) is 17.3 Å². The molecule has 190 valence electrons. The van der Waals surface area contributed by atoms with Crippen LogP contribution >= 0.6 is 11.6 Å². The summed E-state index contributed by atoms with van der Waals surface area (Å²) in [6, 6.07) is 1.23. The number of allylic oxidation sites excluding steroid dienone is 3. The molecular weight excluding hydrogens is 472 g/mol. The molecule has 1 saturated heterocycles. The van der Waals surface area contributed by atoms with Crippen LogP contribution in [-0.2, 0) is 20.8 Å². The fourth-order valence-corrected chi connectivity index (χ4v) is 4.54. The highest BCUT2D eigenvalue weighted by molar-refractivity contribution is 6.33. The zero-order valence-corrected chi connectivity index (χ0v) is 20.8. The van der Waals surface area contributed by atoms with Gasteiger partial charge in [0.1, 0.15) is 17.1 Å². The van der Waals surface area contributed by atoms with Gasteiger partial charge < -0.3 is 24.7 Å². The van der Waals surface area contributed by atoms with E-state index in [1.165, 1.54) is 0 Å². The third kappa shape index (κ3) is 7.24. The second kappa shape index (κ2) is 13.2. The Hall–Kier alpha value is -3.00. The number of hydrogen-bond acceptors (Lipinski definition) is 7. The van der Waals surface area contributed by atoms with Crippen molar-refractivity contribution in [3.8, 4) is 11.5 Å². The topological polar surface area (TPSA) is 109 Å². The van der Waals surface area contributed by atoms with Crippen molar-refractivity contribution in [1.29, 1.82) is 0 Å². The maximum absolute atomic E-state index is 12.7. The van der Waals surface area contributed by atoms with Crippen LogP contribution in [0.1, 0.15) is 67.8 Å². The van der Waals surface area contributed by atoms with Crippen LogP contribution in [0, 0.1) is 0 Å². The molecule has 1 aromatic rings. The number of rotatable bonds is 4. The Morgan fingerprint density at radius 1 is 1.20 bits per heavy atom. The minimum atomic E-state index is -0.750. The predicted octanol–water partition coefficient (Wildman–Crippen LogP) is 4.91. The molecule has 9 heteroatoms. The van der Waals surface area contributed by atoms with E-state index in [4.69, 9.17) is 21.2 Å². The minimum absolute atomic E-state index is 0.0208. The minimum Gasteiger partial charge on any atom is -0.507 e. The number of phenols is 2. The van der Waals surface area contributed by atoms with Crippen molar-refractivity contribution in [2.24, 2.45) is 5.16 Å². The molecule has 1 unspecified atom stereocenters. The van der Waals surface area contributed by atoms with E-state index < -0.39 is 11.7 Å². The molecule has 2 N–H and O–H groups in total. The smallest absolute Gasteiger partial charge is 0.342 e. The summed E-state index contributed by atoms with van der Waals surface area (Å²) in [6.07, 6.45) is 13.6. The summed E-state index contributed by atoms with van der Waals surface area (Å²) < 4.78 is 5.29. The lowest BCUT2D eigenvalue weighted by Crippen LogP contribution is -2.44. The van der Waals surface area contributed by atoms with Crippen LogP contribution in [0.4, 0.5) is 0 Å². The molecule has 1 fully saturated rings. The van der Waals surface area contributed by atoms with Crippen molar-refractivity contribution < 1.29 is 29.4 Å². The Bertz CT molecular complexity index is 1000. The molecule has 0 aromatic heterocycles. The Morgan fingerprint density at radius 3 is 2.77 bits per heavy atom. The quantitative estimate of drug-likeness (QED) is 0.342. The van der Waals surface area contributed by atoms with Gasteiger partial charge in [0.2, 0.25) is 0 Å². The average Bonchev–Trinajstić information content (AvgIpc) is 2.85. The van der Waals surface area contributed by atoms with Gasteiger partial charge in [-0.05, 0) is 56.6 Å². The summed E-state index contributed by atoms with van der Waals surface area (Å²) in [7, 11) is 0. The number of carbonyl (C=O) groups excluding carboxylic acids is 2. The van der Waals surface area contributed by atoms with Crippen molar-refractivity contribution in [2.45, 2.75) is 64.3 Å². The third-order valence-electron chi connectivity index (χ3n) is 6.17. The Morgan fingerprint density at radius 2 is 1.97 bits per heavy atom. The van der Waals surface area contributed by atoms with Crippen LogP contribution < -0.4 is 0 Å². The molecule has 1 atom stereocenters. The number of amides is 1. The summed E-state index contributed by atoms with van der Waals surface area (Å²) >= 11 is 6.32. The van der Waals surface area contributed by atoms with E-state index in [2.05, 4.69) is 12.1 Å². The average molecular weight is 505 g/mol. The Labute approximate surface area is 210 Å². The monoisotopic (exact) mass is 504 g/mol. The van der Waals surface area contributed by atoms with Gasteiger partial charge in [0.15, 0.2) is 6.61 Å². The maximum Gasteiger partial charge on any atom is 0.342 e. The number of cyclic esters (lactones) is 1. The number of hydrogen-bond donors (Lipinski definition) is 2. The predicted molar refractivity (Wildman–Crippen MR) is 134 cm³/mol. The number of nitrogens with zero attached hydrogens (tertiary/aromatic N) is 2. The number of likely N-dealkylation sites (tertiary alicyclic amines) is 1. The van der Waals surface area contributed by atoms with Crippen LogP contribution in [0.2, 0.25) is 5.02 Å². The third-order valence-corrected chi connectivity index (χ3v) is 6.59. The molecule has 0 spiro atoms. The number of benzene rings is 1. The lowest BCUT2D eigenvalue weighted by atomic mass is 9.99. The molecule has 35 heavy (non-hydrogen) atoms. The molecule has 0 saturated carbocycles. The SMILES string of the molecule is CCC1CCCCN1C(=O)CON=C1C=CCCC=CCCOC(=O)c2c(O)cc(O)c(Cl)c2C1. The summed E-state index contributed by atoms with van der Waals surface area (Å²) in [5.41, 5.74) is 0.415. The van der Waals surface area contributed by atoms with E-state index in [9.17, 15) is 19.8 Å². The van der Waals surface area contributed by atoms with Gasteiger partial charge in [-0.2, -0.15) is 0 Å². The van der Waals surface area contributed by atoms with E-state index in [-0.39, 0.29) is 53.5 Å². The number of aromatic hydroxyl groups is 2. The van der Waals surface area contributed by atoms with Crippen LogP contribution in [0.25, 0.3) is 0 Å². The molecule has 0 radical (unpaired) electrons. The first-order valence-corrected chi connectivity index (χ1v) is 12.5. The highest BCUT2D eigenvalue weighted by atomic mass is 35.5. The van der Waals surface area contributed by atoms with Gasteiger partial charge in [0.25, 0.3) is 5.91 Å². The number of phenolic OH excluding ortho intramolecular Hbond substituents is 2. The second-order valence-corrected chi connectivity index (χ2v) is 9.01. The van der Waals surface area contributed by atoms with E-state index in [0.29, 0.717) is 18.7 Å². The number of esters is 1. The van der Waals surface area contributed by atoms with Crippen LogP contribution in [0.15, 0.2) is 35.5 Å². The molecule has 3 rings (SSSR count). The molecule has 8 nitrogen and oxygen atoms in total. The zero-order chi connectivity index (χ0) is 25.2. The van der Waals surface area contributed by atoms with E-state index in [0.717, 1.165) is 44.6 Å². The number of ether oxygens (including phenoxy) is 1. The van der Waals surface area contributed by atoms with Gasteiger partial charge in [-0.25, -0.2) is 4.79 Å². The summed E-state index contributed by atoms with van der Waals surface area (Å²) in [5.74, 6) is -1.67. The first kappa shape index (κ1) is 26.6. The van der Waals surface area contributed by atoms with Gasteiger partial charge in [-0.15, -0.1) is 0 Å². The molecule has 2 heterocycles. The lowest BCUT2D eigenvalue weighted by molar-refractivity contribution is -0.139. The van der Waals surface area contributed by atoms with Crippen LogP contribution in [0.3, 0.4) is 0 Å². The molecule has 2 aliphatic heterocycles. The summed E-state index contributed by atoms with van der Waals surface area (Å²) in [5, 5.41) is 24.6. The molecule has 2 aliphatic rings. The molecule has 0 bridgehead atoms. The number of piperidine rings is 1. The van der Waals surface area contributed by atoms with Gasteiger partial charge in [0, 0.05) is 25.1 Å². The molecule has 0 aliphatic carbocycles. The Balaban J connectivity index is 1.85. The summed E-state index contributed by atoms with van der Waals surface area (Å²) in [6.45, 7) is 2.73. The highest BCUT2D eigenvalue weighted by Gasteiger charge is 2.26. The number of fused-ring (bicyclic) bond motifs is 1. The normalized spacial score (nSPS) is 20.7. The van der Waals surface area contributed by atoms with Crippen molar-refractivity contribution in [3.05, 3.63) is 46.5 Å². The van der Waals surface area contributed by atoms with Crippen LogP contribution in [-0.4, -0.2) is 58.5 Å². The van der Waals surface area contributed by atoms with E-state index in [1.54, 1.807) is 6.08 Å². The van der Waals surface area contributed by atoms with Crippen molar-refractivity contribution in [1.82, 2.24) is 4.90 Å². The van der Waals surface area contributed by atoms with Crippen molar-refractivity contribution in [2.75, 3.05) is 19.8 Å². The molecule has 1 amide bonds. The maximum atomic E-state index is 12.7. The van der Waals surface area contributed by atoms with Crippen molar-refractivity contribution >= 4 is 29.2 Å². The number of oxime groups is 1. The molecule has 1 aromatic carbocycles. The van der Waals surface area contributed by atoms with Gasteiger partial charge in [-0.1, -0.05) is 41.9 Å². The van der Waals surface area contributed by atoms with Crippen molar-refractivity contribution in [3.63, 3.8) is 0 Å². The fraction of sp³-hybridized carbons (Fsp3) is 0.500. The largest absolute Gasteiger partial charge is 0.507 e. The second-order valence-electron chi connectivity index (χ2n) is 8.64. The van der Waals surface area contributed by atoms with Gasteiger partial charge >= 0.3 is 5.97 Å². The summed E-state index contributed by atoms with van der Waals surface area (Å²) in [4.78, 5) is 32.7. The standard InChI is InChI=1S/C26H33ClN2O6/c1-2-19-12-8-9-13-29(19)23(32)17-35-28-18-11-7-5-3-4-6-10-14-34-26(33)24-20(15-18)25(27)22(31)16-21(24)30/h4,6-7,11,16,19,30-31H,2-3,5,8-10,12-15,17H2,1H3. The first-order chi connectivity index (χ1) is 16.9. The zero-order valence-electron chi connectivity index (χ0n) is 20.0. The van der Waals surface area contributed by atoms with Crippen LogP contribution in [0.5, 0.6) is 11.5 Å². The lowest BCUT2D eigenvalue weighted by Gasteiger charge is -2.34. The number of carbonyl (C=O) groups is 2. The van der Waals surface area contributed by atoms with E-state index >= 15 is 0 Å². The van der Waals surface area contributed by atoms with Gasteiger partial charge in [-0.3, -0.25) is 4.79 Å². The molecular formula is C26H33ClN2O6. The highest BCUT2D eigenvalue weighted by Crippen LogP contribution is 2.37.